The van der Waals surface area contributed by atoms with Crippen LogP contribution in [0, 0.1) is 17.0 Å². The first-order valence-electron chi connectivity index (χ1n) is 5.29. The van der Waals surface area contributed by atoms with Crippen LogP contribution in [0.2, 0.25) is 0 Å². The molecule has 86 valence electrons. The molecule has 1 aromatic rings. The summed E-state index contributed by atoms with van der Waals surface area (Å²) in [6.45, 7) is 3.69. The van der Waals surface area contributed by atoms with Crippen molar-refractivity contribution in [1.29, 1.82) is 0 Å². The number of nitro benzene ring substituents is 1. The van der Waals surface area contributed by atoms with Gasteiger partial charge in [0, 0.05) is 31.9 Å². The zero-order valence-corrected chi connectivity index (χ0v) is 9.43. The maximum absolute atomic E-state index is 10.8. The minimum absolute atomic E-state index is 0.191. The number of hydrogen-bond donors (Lipinski definition) is 1. The van der Waals surface area contributed by atoms with Crippen molar-refractivity contribution in [3.63, 3.8) is 0 Å². The topological polar surface area (TPSA) is 58.4 Å². The Hall–Kier alpha value is -1.62. The van der Waals surface area contributed by atoms with Crippen LogP contribution in [0.3, 0.4) is 0 Å². The number of nitrogens with zero attached hydrogens (tertiary/aromatic N) is 2. The summed E-state index contributed by atoms with van der Waals surface area (Å²) in [6.07, 6.45) is 0. The van der Waals surface area contributed by atoms with E-state index < -0.39 is 0 Å². The van der Waals surface area contributed by atoms with Crippen molar-refractivity contribution in [2.75, 3.05) is 25.0 Å². The lowest BCUT2D eigenvalue weighted by Crippen LogP contribution is -2.56. The molecule has 0 atom stereocenters. The van der Waals surface area contributed by atoms with Crippen LogP contribution in [0.4, 0.5) is 11.4 Å². The predicted molar refractivity (Wildman–Crippen MR) is 62.9 cm³/mol. The predicted octanol–water partition coefficient (Wildman–Crippen LogP) is 1.31. The normalized spacial score (nSPS) is 15.6. The summed E-state index contributed by atoms with van der Waals surface area (Å²) in [6, 6.07) is 5.66. The maximum Gasteiger partial charge on any atom is 0.274 e. The van der Waals surface area contributed by atoms with Gasteiger partial charge in [-0.1, -0.05) is 6.07 Å². The fourth-order valence-electron chi connectivity index (χ4n) is 1.94. The molecule has 1 N–H and O–H groups in total. The Morgan fingerprint density at radius 2 is 2.19 bits per heavy atom. The van der Waals surface area contributed by atoms with E-state index in [1.807, 2.05) is 13.1 Å². The van der Waals surface area contributed by atoms with Crippen LogP contribution in [0.25, 0.3) is 0 Å². The zero-order valence-electron chi connectivity index (χ0n) is 9.43. The lowest BCUT2D eigenvalue weighted by Gasteiger charge is -2.37. The highest BCUT2D eigenvalue weighted by Crippen LogP contribution is 2.28. The molecule has 0 bridgehead atoms. The first-order chi connectivity index (χ1) is 7.61. The number of rotatable bonds is 3. The molecule has 1 aliphatic rings. The van der Waals surface area contributed by atoms with E-state index in [0.717, 1.165) is 24.3 Å². The first-order valence-corrected chi connectivity index (χ1v) is 5.29. The number of benzene rings is 1. The molecule has 0 aromatic heterocycles. The number of anilines is 1. The van der Waals surface area contributed by atoms with Crippen molar-refractivity contribution in [3.8, 4) is 0 Å². The van der Waals surface area contributed by atoms with E-state index in [1.165, 1.54) is 0 Å². The first kappa shape index (κ1) is 10.9. The Balaban J connectivity index is 2.33. The van der Waals surface area contributed by atoms with E-state index in [1.54, 1.807) is 19.1 Å². The second kappa shape index (κ2) is 4.09. The van der Waals surface area contributed by atoms with Crippen LogP contribution in [0.5, 0.6) is 0 Å². The van der Waals surface area contributed by atoms with E-state index in [2.05, 4.69) is 10.2 Å². The van der Waals surface area contributed by atoms with Gasteiger partial charge in [0.25, 0.3) is 5.69 Å². The maximum atomic E-state index is 10.8. The lowest BCUT2D eigenvalue weighted by molar-refractivity contribution is -0.385. The molecule has 1 heterocycles. The molecule has 5 nitrogen and oxygen atoms in total. The number of nitro groups is 1. The average molecular weight is 221 g/mol. The van der Waals surface area contributed by atoms with Gasteiger partial charge in [0.2, 0.25) is 0 Å². The molecule has 0 unspecified atom stereocenters. The second-order valence-corrected chi connectivity index (χ2v) is 4.10. The summed E-state index contributed by atoms with van der Waals surface area (Å²) in [5.74, 6) is 0. The molecule has 5 heteroatoms. The minimum atomic E-state index is -0.328. The molecule has 0 aliphatic carbocycles. The Labute approximate surface area is 94.2 Å². The molecule has 0 saturated carbocycles. The third kappa shape index (κ3) is 1.74. The molecule has 1 aromatic carbocycles. The molecule has 16 heavy (non-hydrogen) atoms. The summed E-state index contributed by atoms with van der Waals surface area (Å²) in [5, 5.41) is 14.0. The smallest absolute Gasteiger partial charge is 0.274 e. The quantitative estimate of drug-likeness (QED) is 0.617. The standard InChI is InChI=1S/C11H15N3O2/c1-8-10(13(2)9-6-12-7-9)4-3-5-11(8)14(15)16/h3-5,9,12H,6-7H2,1-2H3. The van der Waals surface area contributed by atoms with Crippen molar-refractivity contribution < 1.29 is 4.92 Å². The van der Waals surface area contributed by atoms with Gasteiger partial charge < -0.3 is 10.2 Å². The van der Waals surface area contributed by atoms with Crippen molar-refractivity contribution in [3.05, 3.63) is 33.9 Å². The van der Waals surface area contributed by atoms with E-state index >= 15 is 0 Å². The highest BCUT2D eigenvalue weighted by atomic mass is 16.6. The Bertz CT molecular complexity index is 416. The van der Waals surface area contributed by atoms with Gasteiger partial charge in [-0.25, -0.2) is 0 Å². The molecule has 1 saturated heterocycles. The number of nitrogens with one attached hydrogen (secondary N) is 1. The number of likely N-dealkylation sites (N-methyl/N-ethyl adjacent to an activating group) is 1. The van der Waals surface area contributed by atoms with E-state index in [9.17, 15) is 10.1 Å². The van der Waals surface area contributed by atoms with Crippen molar-refractivity contribution in [2.45, 2.75) is 13.0 Å². The van der Waals surface area contributed by atoms with Gasteiger partial charge in [-0.05, 0) is 13.0 Å². The van der Waals surface area contributed by atoms with Crippen molar-refractivity contribution in [1.82, 2.24) is 5.32 Å². The zero-order chi connectivity index (χ0) is 11.7. The van der Waals surface area contributed by atoms with Gasteiger partial charge in [0.1, 0.15) is 0 Å². The van der Waals surface area contributed by atoms with E-state index in [0.29, 0.717) is 6.04 Å². The Kier molecular flexibility index (Phi) is 2.78. The second-order valence-electron chi connectivity index (χ2n) is 4.10. The van der Waals surface area contributed by atoms with Crippen LogP contribution in [0.15, 0.2) is 18.2 Å². The largest absolute Gasteiger partial charge is 0.369 e. The monoisotopic (exact) mass is 221 g/mol. The third-order valence-electron chi connectivity index (χ3n) is 3.16. The fraction of sp³-hybridized carbons (Fsp3) is 0.455. The molecule has 1 fully saturated rings. The van der Waals surface area contributed by atoms with Crippen LogP contribution in [-0.4, -0.2) is 31.1 Å². The SMILES string of the molecule is Cc1c(N(C)C2CNC2)cccc1[N+](=O)[O-]. The molecular formula is C11H15N3O2. The van der Waals surface area contributed by atoms with Gasteiger partial charge in [-0.15, -0.1) is 0 Å². The third-order valence-corrected chi connectivity index (χ3v) is 3.16. The van der Waals surface area contributed by atoms with Gasteiger partial charge in [-0.2, -0.15) is 0 Å². The molecule has 0 amide bonds. The van der Waals surface area contributed by atoms with Crippen molar-refractivity contribution in [2.24, 2.45) is 0 Å². The highest BCUT2D eigenvalue weighted by Gasteiger charge is 2.24. The Morgan fingerprint density at radius 1 is 1.50 bits per heavy atom. The van der Waals surface area contributed by atoms with Crippen LogP contribution in [-0.2, 0) is 0 Å². The molecule has 0 radical (unpaired) electrons. The molecule has 1 aliphatic heterocycles. The summed E-state index contributed by atoms with van der Waals surface area (Å²) >= 11 is 0. The molecular weight excluding hydrogens is 206 g/mol. The summed E-state index contributed by atoms with van der Waals surface area (Å²) < 4.78 is 0. The van der Waals surface area contributed by atoms with Gasteiger partial charge >= 0.3 is 0 Å². The minimum Gasteiger partial charge on any atom is -0.369 e. The summed E-state index contributed by atoms with van der Waals surface area (Å²) in [4.78, 5) is 12.6. The summed E-state index contributed by atoms with van der Waals surface area (Å²) in [7, 11) is 1.98. The highest BCUT2D eigenvalue weighted by molar-refractivity contribution is 5.61. The number of hydrogen-bond acceptors (Lipinski definition) is 4. The van der Waals surface area contributed by atoms with Crippen molar-refractivity contribution >= 4 is 11.4 Å². The van der Waals surface area contributed by atoms with E-state index in [4.69, 9.17) is 0 Å². The van der Waals surface area contributed by atoms with Gasteiger partial charge in [0.05, 0.1) is 16.5 Å². The van der Waals surface area contributed by atoms with Gasteiger partial charge in [-0.3, -0.25) is 10.1 Å². The average Bonchev–Trinajstić information content (AvgIpc) is 2.14. The summed E-state index contributed by atoms with van der Waals surface area (Å²) in [5.41, 5.74) is 1.87. The lowest BCUT2D eigenvalue weighted by atomic mass is 10.1. The Morgan fingerprint density at radius 3 is 2.69 bits per heavy atom. The van der Waals surface area contributed by atoms with E-state index in [-0.39, 0.29) is 10.6 Å². The van der Waals surface area contributed by atoms with Gasteiger partial charge in [0.15, 0.2) is 0 Å². The molecule has 2 rings (SSSR count). The fourth-order valence-corrected chi connectivity index (χ4v) is 1.94. The molecule has 0 spiro atoms. The van der Waals surface area contributed by atoms with Crippen LogP contribution in [0.1, 0.15) is 5.56 Å². The van der Waals surface area contributed by atoms with Crippen LogP contribution >= 0.6 is 0 Å². The van der Waals surface area contributed by atoms with Crippen LogP contribution < -0.4 is 10.2 Å².